The van der Waals surface area contributed by atoms with E-state index in [4.69, 9.17) is 4.74 Å². The van der Waals surface area contributed by atoms with Crippen LogP contribution in [0.25, 0.3) is 0 Å². The molecule has 2 N–H and O–H groups in total. The van der Waals surface area contributed by atoms with Crippen LogP contribution in [0.15, 0.2) is 48.5 Å². The third-order valence-electron chi connectivity index (χ3n) is 4.23. The summed E-state index contributed by atoms with van der Waals surface area (Å²) in [5.74, 6) is -2.78. The third-order valence-corrected chi connectivity index (χ3v) is 4.23. The van der Waals surface area contributed by atoms with Crippen LogP contribution in [0.5, 0.6) is 0 Å². The Balaban J connectivity index is 2.17. The van der Waals surface area contributed by atoms with Crippen molar-refractivity contribution in [2.24, 2.45) is 0 Å². The first-order valence-electron chi connectivity index (χ1n) is 8.93. The zero-order valence-corrected chi connectivity index (χ0v) is 16.1. The van der Waals surface area contributed by atoms with Gasteiger partial charge in [-0.25, -0.2) is 13.6 Å². The smallest absolute Gasteiger partial charge is 0.328 e. The molecule has 2 aromatic carbocycles. The first kappa shape index (κ1) is 22.0. The quantitative estimate of drug-likeness (QED) is 0.659. The number of amides is 2. The van der Waals surface area contributed by atoms with Gasteiger partial charge >= 0.3 is 5.97 Å². The Labute approximate surface area is 167 Å². The molecule has 0 aliphatic heterocycles. The van der Waals surface area contributed by atoms with Crippen LogP contribution >= 0.6 is 0 Å². The number of ether oxygens (including phenoxy) is 1. The van der Waals surface area contributed by atoms with E-state index in [1.807, 2.05) is 0 Å². The van der Waals surface area contributed by atoms with Gasteiger partial charge in [0.1, 0.15) is 23.7 Å². The van der Waals surface area contributed by atoms with Crippen LogP contribution in [0.2, 0.25) is 0 Å². The van der Waals surface area contributed by atoms with Crippen LogP contribution in [-0.4, -0.2) is 37.0 Å². The molecule has 0 heterocycles. The Hall–Kier alpha value is -3.29. The van der Waals surface area contributed by atoms with E-state index in [0.717, 1.165) is 0 Å². The van der Waals surface area contributed by atoms with Crippen molar-refractivity contribution >= 4 is 17.8 Å². The minimum Gasteiger partial charge on any atom is -0.467 e. The van der Waals surface area contributed by atoms with E-state index in [2.05, 4.69) is 10.6 Å². The van der Waals surface area contributed by atoms with Gasteiger partial charge in [-0.15, -0.1) is 0 Å². The SMILES string of the molecule is COC(=O)[C@@H](Cc1ccc(F)cc1)NC(=O)[C@@H](Cc1ccccc1F)NC(C)=O. The molecular formula is C21H22F2N2O4. The number of nitrogens with one attached hydrogen (secondary N) is 2. The van der Waals surface area contributed by atoms with Crippen molar-refractivity contribution in [2.45, 2.75) is 31.8 Å². The zero-order valence-electron chi connectivity index (χ0n) is 16.1. The molecular weight excluding hydrogens is 382 g/mol. The van der Waals surface area contributed by atoms with E-state index in [1.165, 1.54) is 56.5 Å². The standard InChI is InChI=1S/C21H22F2N2O4/c1-13(26)24-18(12-15-5-3-4-6-17(15)23)20(27)25-19(21(28)29-2)11-14-7-9-16(22)10-8-14/h3-10,18-19H,11-12H2,1-2H3,(H,24,26)(H,25,27)/t18-,19-/m1/s1. The van der Waals surface area contributed by atoms with Gasteiger partial charge in [0.2, 0.25) is 11.8 Å². The molecule has 0 aliphatic rings. The van der Waals surface area contributed by atoms with E-state index in [9.17, 15) is 23.2 Å². The Kier molecular flexibility index (Phi) is 7.82. The molecule has 2 amide bonds. The van der Waals surface area contributed by atoms with Crippen LogP contribution in [0.3, 0.4) is 0 Å². The molecule has 0 bridgehead atoms. The molecule has 8 heteroatoms. The average molecular weight is 404 g/mol. The summed E-state index contributed by atoms with van der Waals surface area (Å²) in [4.78, 5) is 36.4. The fourth-order valence-corrected chi connectivity index (χ4v) is 2.80. The summed E-state index contributed by atoms with van der Waals surface area (Å²) in [5.41, 5.74) is 0.849. The number of benzene rings is 2. The molecule has 2 aromatic rings. The van der Waals surface area contributed by atoms with Gasteiger partial charge in [-0.3, -0.25) is 9.59 Å². The molecule has 0 unspecified atom stereocenters. The highest BCUT2D eigenvalue weighted by Gasteiger charge is 2.27. The van der Waals surface area contributed by atoms with Gasteiger partial charge in [-0.2, -0.15) is 0 Å². The van der Waals surface area contributed by atoms with Crippen molar-refractivity contribution in [3.05, 3.63) is 71.3 Å². The van der Waals surface area contributed by atoms with Gasteiger partial charge < -0.3 is 15.4 Å². The predicted molar refractivity (Wildman–Crippen MR) is 102 cm³/mol. The molecule has 0 aromatic heterocycles. The maximum absolute atomic E-state index is 14.0. The maximum atomic E-state index is 14.0. The number of carbonyl (C=O) groups excluding carboxylic acids is 3. The first-order valence-corrected chi connectivity index (χ1v) is 8.93. The van der Waals surface area contributed by atoms with Crippen molar-refractivity contribution in [3.8, 4) is 0 Å². The second-order valence-corrected chi connectivity index (χ2v) is 6.46. The minimum atomic E-state index is -1.09. The Morgan fingerprint density at radius 3 is 2.17 bits per heavy atom. The molecule has 6 nitrogen and oxygen atoms in total. The summed E-state index contributed by atoms with van der Waals surface area (Å²) < 4.78 is 31.8. The molecule has 0 saturated heterocycles. The summed E-state index contributed by atoms with van der Waals surface area (Å²) in [5, 5.41) is 5.00. The lowest BCUT2D eigenvalue weighted by Gasteiger charge is -2.22. The van der Waals surface area contributed by atoms with E-state index < -0.39 is 41.5 Å². The van der Waals surface area contributed by atoms with E-state index in [0.29, 0.717) is 5.56 Å². The van der Waals surface area contributed by atoms with E-state index >= 15 is 0 Å². The lowest BCUT2D eigenvalue weighted by atomic mass is 10.0. The van der Waals surface area contributed by atoms with E-state index in [1.54, 1.807) is 6.07 Å². The molecule has 2 atom stereocenters. The van der Waals surface area contributed by atoms with Crippen molar-refractivity contribution in [1.82, 2.24) is 10.6 Å². The predicted octanol–water partition coefficient (Wildman–Crippen LogP) is 1.91. The maximum Gasteiger partial charge on any atom is 0.328 e. The summed E-state index contributed by atoms with van der Waals surface area (Å²) >= 11 is 0. The van der Waals surface area contributed by atoms with Crippen molar-refractivity contribution in [1.29, 1.82) is 0 Å². The Morgan fingerprint density at radius 1 is 0.931 bits per heavy atom. The molecule has 0 radical (unpaired) electrons. The molecule has 2 rings (SSSR count). The number of hydrogen-bond donors (Lipinski definition) is 2. The fraction of sp³-hybridized carbons (Fsp3) is 0.286. The van der Waals surface area contributed by atoms with Crippen LogP contribution in [0.1, 0.15) is 18.1 Å². The van der Waals surface area contributed by atoms with Crippen molar-refractivity contribution < 1.29 is 27.9 Å². The highest BCUT2D eigenvalue weighted by Crippen LogP contribution is 2.11. The average Bonchev–Trinajstić information content (AvgIpc) is 2.69. The fourth-order valence-electron chi connectivity index (χ4n) is 2.80. The molecule has 0 saturated carbocycles. The number of esters is 1. The second-order valence-electron chi connectivity index (χ2n) is 6.46. The topological polar surface area (TPSA) is 84.5 Å². The van der Waals surface area contributed by atoms with Crippen LogP contribution in [0, 0.1) is 11.6 Å². The minimum absolute atomic E-state index is 0.0607. The number of methoxy groups -OCH3 is 1. The van der Waals surface area contributed by atoms with Gasteiger partial charge in [-0.1, -0.05) is 30.3 Å². The molecule has 0 aliphatic carbocycles. The summed E-state index contributed by atoms with van der Waals surface area (Å²) in [6.45, 7) is 1.23. The van der Waals surface area contributed by atoms with Gasteiger partial charge in [-0.05, 0) is 29.3 Å². The van der Waals surface area contributed by atoms with Gasteiger partial charge in [0.05, 0.1) is 7.11 Å². The van der Waals surface area contributed by atoms with Crippen LogP contribution in [-0.2, 0) is 32.0 Å². The van der Waals surface area contributed by atoms with Gasteiger partial charge in [0.15, 0.2) is 0 Å². The largest absolute Gasteiger partial charge is 0.467 e. The Bertz CT molecular complexity index is 871. The van der Waals surface area contributed by atoms with Gasteiger partial charge in [0.25, 0.3) is 0 Å². The molecule has 29 heavy (non-hydrogen) atoms. The van der Waals surface area contributed by atoms with Gasteiger partial charge in [0, 0.05) is 19.8 Å². The molecule has 0 fully saturated rings. The number of rotatable bonds is 8. The third kappa shape index (κ3) is 6.67. The van der Waals surface area contributed by atoms with Crippen LogP contribution < -0.4 is 10.6 Å². The van der Waals surface area contributed by atoms with Crippen molar-refractivity contribution in [2.75, 3.05) is 7.11 Å². The lowest BCUT2D eigenvalue weighted by molar-refractivity contribution is -0.145. The monoisotopic (exact) mass is 404 g/mol. The lowest BCUT2D eigenvalue weighted by Crippen LogP contribution is -2.53. The van der Waals surface area contributed by atoms with Crippen LogP contribution in [0.4, 0.5) is 8.78 Å². The number of halogens is 2. The van der Waals surface area contributed by atoms with E-state index in [-0.39, 0.29) is 18.4 Å². The number of carbonyl (C=O) groups is 3. The summed E-state index contributed by atoms with van der Waals surface area (Å²) in [6.07, 6.45) is -0.0340. The molecule has 154 valence electrons. The van der Waals surface area contributed by atoms with Crippen molar-refractivity contribution in [3.63, 3.8) is 0 Å². The normalized spacial score (nSPS) is 12.6. The first-order chi connectivity index (χ1) is 13.8. The highest BCUT2D eigenvalue weighted by atomic mass is 19.1. The summed E-state index contributed by atoms with van der Waals surface area (Å²) in [7, 11) is 1.18. The zero-order chi connectivity index (χ0) is 21.4. The summed E-state index contributed by atoms with van der Waals surface area (Å²) in [6, 6.07) is 9.20. The molecule has 0 spiro atoms. The second kappa shape index (κ2) is 10.3. The highest BCUT2D eigenvalue weighted by molar-refractivity contribution is 5.90. The number of hydrogen-bond acceptors (Lipinski definition) is 4. The Morgan fingerprint density at radius 2 is 1.59 bits per heavy atom.